The summed E-state index contributed by atoms with van der Waals surface area (Å²) in [6, 6.07) is 7.88. The monoisotopic (exact) mass is 356 g/mol. The third kappa shape index (κ3) is 2.58. The quantitative estimate of drug-likeness (QED) is 0.515. The molecule has 8 nitrogen and oxygen atoms in total. The Morgan fingerprint density at radius 3 is 2.70 bits per heavy atom. The minimum Gasteiger partial charge on any atom is -0.376 e. The average Bonchev–Trinajstić information content (AvgIpc) is 3.31. The number of anilines is 1. The number of rotatable bonds is 3. The number of nitrogens with zero attached hydrogens (tertiary/aromatic N) is 6. The SMILES string of the molecule is CN(C)c1cncc(-c2ccc3[nH]nc(-c4nc5cnccc5[nH]4)c3n2)c1. The Labute approximate surface area is 154 Å². The van der Waals surface area contributed by atoms with Crippen molar-refractivity contribution in [3.63, 3.8) is 0 Å². The molecule has 0 fully saturated rings. The molecule has 5 rings (SSSR count). The summed E-state index contributed by atoms with van der Waals surface area (Å²) in [5, 5.41) is 7.44. The highest BCUT2D eigenvalue weighted by Gasteiger charge is 2.15. The predicted molar refractivity (Wildman–Crippen MR) is 104 cm³/mol. The first-order chi connectivity index (χ1) is 13.2. The minimum atomic E-state index is 0.661. The van der Waals surface area contributed by atoms with Crippen molar-refractivity contribution in [3.05, 3.63) is 49.1 Å². The standard InChI is InChI=1S/C19H16N8/c1-27(2)12-7-11(8-21-9-12)13-3-4-15-17(22-13)18(26-25-15)19-23-14-5-6-20-10-16(14)24-19/h3-10H,1-2H3,(H,23,24)(H,25,26). The van der Waals surface area contributed by atoms with Crippen LogP contribution in [-0.2, 0) is 0 Å². The van der Waals surface area contributed by atoms with Crippen LogP contribution in [0.15, 0.2) is 49.1 Å². The van der Waals surface area contributed by atoms with Crippen molar-refractivity contribution >= 4 is 27.8 Å². The van der Waals surface area contributed by atoms with Gasteiger partial charge in [0.25, 0.3) is 0 Å². The van der Waals surface area contributed by atoms with E-state index in [4.69, 9.17) is 4.98 Å². The highest BCUT2D eigenvalue weighted by atomic mass is 15.2. The fraction of sp³-hybridized carbons (Fsp3) is 0.105. The molecule has 0 saturated heterocycles. The lowest BCUT2D eigenvalue weighted by Crippen LogP contribution is -2.08. The summed E-state index contributed by atoms with van der Waals surface area (Å²) in [4.78, 5) is 23.1. The first-order valence-electron chi connectivity index (χ1n) is 8.47. The van der Waals surface area contributed by atoms with E-state index in [1.807, 2.05) is 49.6 Å². The highest BCUT2D eigenvalue weighted by molar-refractivity contribution is 5.91. The molecule has 0 spiro atoms. The molecule has 132 valence electrons. The molecule has 0 radical (unpaired) electrons. The summed E-state index contributed by atoms with van der Waals surface area (Å²) in [7, 11) is 3.98. The van der Waals surface area contributed by atoms with E-state index in [9.17, 15) is 0 Å². The van der Waals surface area contributed by atoms with Gasteiger partial charge in [-0.25, -0.2) is 9.97 Å². The van der Waals surface area contributed by atoms with E-state index in [0.29, 0.717) is 11.5 Å². The lowest BCUT2D eigenvalue weighted by atomic mass is 10.1. The number of pyridine rings is 3. The molecule has 27 heavy (non-hydrogen) atoms. The van der Waals surface area contributed by atoms with Crippen LogP contribution in [0.4, 0.5) is 5.69 Å². The smallest absolute Gasteiger partial charge is 0.161 e. The molecule has 5 heterocycles. The molecule has 0 saturated carbocycles. The lowest BCUT2D eigenvalue weighted by Gasteiger charge is -2.12. The summed E-state index contributed by atoms with van der Waals surface area (Å²) >= 11 is 0. The van der Waals surface area contributed by atoms with Crippen LogP contribution in [0, 0.1) is 0 Å². The number of imidazole rings is 1. The van der Waals surface area contributed by atoms with Crippen LogP contribution in [0.1, 0.15) is 0 Å². The first kappa shape index (κ1) is 15.4. The normalized spacial score (nSPS) is 11.3. The number of nitrogens with one attached hydrogen (secondary N) is 2. The number of H-pyrrole nitrogens is 2. The fourth-order valence-corrected chi connectivity index (χ4v) is 3.01. The maximum absolute atomic E-state index is 4.82. The van der Waals surface area contributed by atoms with Crippen molar-refractivity contribution < 1.29 is 0 Å². The molecule has 0 aliphatic carbocycles. The largest absolute Gasteiger partial charge is 0.376 e. The molecule has 8 heteroatoms. The maximum Gasteiger partial charge on any atom is 0.161 e. The molecule has 0 aliphatic heterocycles. The van der Waals surface area contributed by atoms with E-state index < -0.39 is 0 Å². The molecule has 0 atom stereocenters. The molecule has 0 amide bonds. The molecular weight excluding hydrogens is 340 g/mol. The summed E-state index contributed by atoms with van der Waals surface area (Å²) in [5.74, 6) is 0.661. The maximum atomic E-state index is 4.82. The van der Waals surface area contributed by atoms with Gasteiger partial charge < -0.3 is 9.88 Å². The van der Waals surface area contributed by atoms with Gasteiger partial charge in [0.15, 0.2) is 11.5 Å². The second-order valence-electron chi connectivity index (χ2n) is 6.47. The van der Waals surface area contributed by atoms with E-state index in [1.165, 1.54) is 0 Å². The molecule has 0 aliphatic rings. The molecule has 0 bridgehead atoms. The van der Waals surface area contributed by atoms with Gasteiger partial charge in [0.1, 0.15) is 11.0 Å². The van der Waals surface area contributed by atoms with E-state index in [1.54, 1.807) is 12.4 Å². The van der Waals surface area contributed by atoms with Gasteiger partial charge in [-0.05, 0) is 24.3 Å². The molecule has 0 unspecified atom stereocenters. The van der Waals surface area contributed by atoms with Gasteiger partial charge in [-0.2, -0.15) is 5.10 Å². The third-order valence-corrected chi connectivity index (χ3v) is 4.45. The second kappa shape index (κ2) is 5.87. The summed E-state index contributed by atoms with van der Waals surface area (Å²) in [6.07, 6.45) is 7.09. The zero-order valence-electron chi connectivity index (χ0n) is 14.8. The zero-order valence-corrected chi connectivity index (χ0v) is 14.8. The zero-order chi connectivity index (χ0) is 18.4. The van der Waals surface area contributed by atoms with Crippen LogP contribution in [-0.4, -0.2) is 49.2 Å². The van der Waals surface area contributed by atoms with Gasteiger partial charge in [0, 0.05) is 32.1 Å². The molecule has 2 N–H and O–H groups in total. The van der Waals surface area contributed by atoms with Crippen molar-refractivity contribution in [2.45, 2.75) is 0 Å². The van der Waals surface area contributed by atoms with Crippen molar-refractivity contribution in [3.8, 4) is 22.8 Å². The summed E-state index contributed by atoms with van der Waals surface area (Å²) < 4.78 is 0. The number of fused-ring (bicyclic) bond motifs is 2. The van der Waals surface area contributed by atoms with E-state index in [2.05, 4.69) is 36.2 Å². The Morgan fingerprint density at radius 2 is 1.85 bits per heavy atom. The van der Waals surface area contributed by atoms with Crippen molar-refractivity contribution in [2.24, 2.45) is 0 Å². The van der Waals surface area contributed by atoms with Gasteiger partial charge in [-0.15, -0.1) is 0 Å². The third-order valence-electron chi connectivity index (χ3n) is 4.45. The number of aromatic nitrogens is 7. The Morgan fingerprint density at radius 1 is 0.926 bits per heavy atom. The van der Waals surface area contributed by atoms with E-state index in [-0.39, 0.29) is 0 Å². The Balaban J connectivity index is 1.65. The molecule has 5 aromatic heterocycles. The number of hydrogen-bond acceptors (Lipinski definition) is 6. The van der Waals surface area contributed by atoms with E-state index in [0.717, 1.165) is 39.0 Å². The Kier molecular flexibility index (Phi) is 3.36. The Hall–Kier alpha value is -3.81. The van der Waals surface area contributed by atoms with Crippen LogP contribution in [0.3, 0.4) is 0 Å². The van der Waals surface area contributed by atoms with Crippen LogP contribution >= 0.6 is 0 Å². The number of aromatic amines is 2. The van der Waals surface area contributed by atoms with E-state index >= 15 is 0 Å². The predicted octanol–water partition coefficient (Wildman–Crippen LogP) is 3.02. The van der Waals surface area contributed by atoms with Gasteiger partial charge in [-0.1, -0.05) is 0 Å². The van der Waals surface area contributed by atoms with Crippen molar-refractivity contribution in [2.75, 3.05) is 19.0 Å². The van der Waals surface area contributed by atoms with Crippen molar-refractivity contribution in [1.82, 2.24) is 35.1 Å². The molecule has 0 aromatic carbocycles. The lowest BCUT2D eigenvalue weighted by molar-refractivity contribution is 1.10. The molecule has 5 aromatic rings. The summed E-state index contributed by atoms with van der Waals surface area (Å²) in [6.45, 7) is 0. The topological polar surface area (TPSA) is 99.3 Å². The van der Waals surface area contributed by atoms with Crippen LogP contribution in [0.2, 0.25) is 0 Å². The van der Waals surface area contributed by atoms with Gasteiger partial charge >= 0.3 is 0 Å². The first-order valence-corrected chi connectivity index (χ1v) is 8.47. The van der Waals surface area contributed by atoms with Crippen LogP contribution < -0.4 is 4.90 Å². The van der Waals surface area contributed by atoms with Gasteiger partial charge in [0.05, 0.1) is 34.8 Å². The van der Waals surface area contributed by atoms with Crippen LogP contribution in [0.25, 0.3) is 44.8 Å². The fourth-order valence-electron chi connectivity index (χ4n) is 3.01. The van der Waals surface area contributed by atoms with Gasteiger partial charge in [-0.3, -0.25) is 15.1 Å². The van der Waals surface area contributed by atoms with Crippen molar-refractivity contribution in [1.29, 1.82) is 0 Å². The average molecular weight is 356 g/mol. The Bertz CT molecular complexity index is 1230. The highest BCUT2D eigenvalue weighted by Crippen LogP contribution is 2.28. The van der Waals surface area contributed by atoms with Gasteiger partial charge in [0.2, 0.25) is 0 Å². The second-order valence-corrected chi connectivity index (χ2v) is 6.47. The molecular formula is C19H16N8. The number of hydrogen-bond donors (Lipinski definition) is 2. The summed E-state index contributed by atoms with van der Waals surface area (Å²) in [5.41, 5.74) is 6.80. The minimum absolute atomic E-state index is 0.661. The van der Waals surface area contributed by atoms with Crippen LogP contribution in [0.5, 0.6) is 0 Å².